The highest BCUT2D eigenvalue weighted by atomic mass is 16.5. The van der Waals surface area contributed by atoms with Gasteiger partial charge in [0.1, 0.15) is 12.1 Å². The van der Waals surface area contributed by atoms with E-state index in [2.05, 4.69) is 22.2 Å². The Balaban J connectivity index is 1.58. The number of hydrogen-bond donors (Lipinski definition) is 2. The number of anilines is 1. The summed E-state index contributed by atoms with van der Waals surface area (Å²) in [5, 5.41) is 3.34. The van der Waals surface area contributed by atoms with E-state index < -0.39 is 0 Å². The molecular formula is C16H28N4O. The summed E-state index contributed by atoms with van der Waals surface area (Å²) in [5.41, 5.74) is 7.00. The fourth-order valence-electron chi connectivity index (χ4n) is 2.68. The molecule has 0 saturated heterocycles. The molecule has 1 aliphatic carbocycles. The second-order valence-electron chi connectivity index (χ2n) is 5.83. The maximum atomic E-state index is 5.90. The molecule has 5 nitrogen and oxygen atoms in total. The second kappa shape index (κ2) is 8.95. The van der Waals surface area contributed by atoms with Crippen molar-refractivity contribution in [3.05, 3.63) is 18.1 Å². The highest BCUT2D eigenvalue weighted by Gasteiger charge is 2.18. The summed E-state index contributed by atoms with van der Waals surface area (Å²) in [6.45, 7) is 3.85. The molecule has 0 atom stereocenters. The van der Waals surface area contributed by atoms with Crippen LogP contribution in [0.4, 0.5) is 5.82 Å². The summed E-state index contributed by atoms with van der Waals surface area (Å²) in [6, 6.07) is 2.42. The number of ether oxygens (including phenoxy) is 1. The topological polar surface area (TPSA) is 73.1 Å². The van der Waals surface area contributed by atoms with Crippen LogP contribution in [0.3, 0.4) is 0 Å². The molecule has 0 unspecified atom stereocenters. The summed E-state index contributed by atoms with van der Waals surface area (Å²) in [7, 11) is 0. The first-order chi connectivity index (χ1) is 10.3. The highest BCUT2D eigenvalue weighted by Crippen LogP contribution is 2.19. The van der Waals surface area contributed by atoms with Crippen molar-refractivity contribution in [3.63, 3.8) is 0 Å². The number of nitrogens with one attached hydrogen (secondary N) is 1. The molecule has 3 N–H and O–H groups in total. The molecule has 0 amide bonds. The van der Waals surface area contributed by atoms with Crippen molar-refractivity contribution in [2.24, 2.45) is 5.73 Å². The molecule has 21 heavy (non-hydrogen) atoms. The number of aryl methyl sites for hydroxylation is 1. The van der Waals surface area contributed by atoms with Crippen molar-refractivity contribution >= 4 is 5.82 Å². The van der Waals surface area contributed by atoms with Gasteiger partial charge in [-0.2, -0.15) is 0 Å². The number of nitrogens with two attached hydrogens (primary N) is 1. The lowest BCUT2D eigenvalue weighted by Gasteiger charge is -2.26. The van der Waals surface area contributed by atoms with E-state index in [4.69, 9.17) is 10.5 Å². The molecule has 2 rings (SSSR count). The van der Waals surface area contributed by atoms with Gasteiger partial charge in [0.2, 0.25) is 0 Å². The first-order valence-electron chi connectivity index (χ1n) is 8.20. The molecule has 1 aromatic rings. The van der Waals surface area contributed by atoms with Crippen LogP contribution in [0.25, 0.3) is 0 Å². The zero-order chi connectivity index (χ0) is 14.9. The van der Waals surface area contributed by atoms with Crippen LogP contribution in [0.2, 0.25) is 0 Å². The summed E-state index contributed by atoms with van der Waals surface area (Å²) in [4.78, 5) is 8.50. The third-order valence-corrected chi connectivity index (χ3v) is 3.93. The maximum Gasteiger partial charge on any atom is 0.129 e. The third-order valence-electron chi connectivity index (χ3n) is 3.93. The molecule has 5 heteroatoms. The van der Waals surface area contributed by atoms with Gasteiger partial charge in [0, 0.05) is 31.0 Å². The van der Waals surface area contributed by atoms with Crippen molar-refractivity contribution in [2.45, 2.75) is 64.0 Å². The fourth-order valence-corrected chi connectivity index (χ4v) is 2.68. The Morgan fingerprint density at radius 1 is 1.29 bits per heavy atom. The first kappa shape index (κ1) is 16.2. The first-order valence-corrected chi connectivity index (χ1v) is 8.20. The van der Waals surface area contributed by atoms with Gasteiger partial charge in [-0.1, -0.05) is 13.3 Å². The van der Waals surface area contributed by atoms with Crippen LogP contribution >= 0.6 is 0 Å². The Bertz CT molecular complexity index is 405. The van der Waals surface area contributed by atoms with Crippen LogP contribution in [0.5, 0.6) is 0 Å². The van der Waals surface area contributed by atoms with E-state index in [1.807, 2.05) is 6.07 Å². The molecule has 0 aliphatic heterocycles. The number of hydrogen-bond acceptors (Lipinski definition) is 5. The Labute approximate surface area is 127 Å². The van der Waals surface area contributed by atoms with E-state index in [1.54, 1.807) is 6.33 Å². The van der Waals surface area contributed by atoms with Gasteiger partial charge in [0.05, 0.1) is 6.10 Å². The predicted molar refractivity (Wildman–Crippen MR) is 85.3 cm³/mol. The van der Waals surface area contributed by atoms with Crippen LogP contribution in [0.1, 0.15) is 51.1 Å². The van der Waals surface area contributed by atoms with Crippen molar-refractivity contribution in [3.8, 4) is 0 Å². The summed E-state index contributed by atoms with van der Waals surface area (Å²) < 4.78 is 5.90. The highest BCUT2D eigenvalue weighted by molar-refractivity contribution is 5.34. The van der Waals surface area contributed by atoms with Gasteiger partial charge in [-0.05, 0) is 38.5 Å². The fraction of sp³-hybridized carbons (Fsp3) is 0.750. The quantitative estimate of drug-likeness (QED) is 0.720. The predicted octanol–water partition coefficient (Wildman–Crippen LogP) is 2.52. The molecule has 1 saturated carbocycles. The van der Waals surface area contributed by atoms with Gasteiger partial charge in [-0.3, -0.25) is 0 Å². The van der Waals surface area contributed by atoms with Crippen LogP contribution in [-0.4, -0.2) is 35.3 Å². The monoisotopic (exact) mass is 292 g/mol. The molecular weight excluding hydrogens is 264 g/mol. The van der Waals surface area contributed by atoms with E-state index >= 15 is 0 Å². The zero-order valence-corrected chi connectivity index (χ0v) is 13.1. The number of nitrogens with zero attached hydrogens (tertiary/aromatic N) is 2. The van der Waals surface area contributed by atoms with Gasteiger partial charge >= 0.3 is 0 Å². The Kier molecular flexibility index (Phi) is 6.89. The summed E-state index contributed by atoms with van der Waals surface area (Å²) in [6.07, 6.45) is 9.58. The number of aromatic nitrogens is 2. The lowest BCUT2D eigenvalue weighted by molar-refractivity contribution is 0.0251. The van der Waals surface area contributed by atoms with Gasteiger partial charge < -0.3 is 15.8 Å². The van der Waals surface area contributed by atoms with Crippen LogP contribution in [0.15, 0.2) is 12.4 Å². The summed E-state index contributed by atoms with van der Waals surface area (Å²) >= 11 is 0. The Hall–Kier alpha value is -1.20. The summed E-state index contributed by atoms with van der Waals surface area (Å²) in [5.74, 6) is 0.914. The average Bonchev–Trinajstić information content (AvgIpc) is 2.50. The molecule has 0 spiro atoms. The van der Waals surface area contributed by atoms with Crippen LogP contribution in [-0.2, 0) is 11.2 Å². The van der Waals surface area contributed by atoms with Crippen LogP contribution < -0.4 is 11.1 Å². The van der Waals surface area contributed by atoms with Crippen molar-refractivity contribution in [1.82, 2.24) is 9.97 Å². The molecule has 118 valence electrons. The van der Waals surface area contributed by atoms with E-state index in [1.165, 1.54) is 0 Å². The minimum absolute atomic E-state index is 0.390. The molecule has 0 bridgehead atoms. The SMILES string of the molecule is CCCc1cc(NCCCOC2CCC(N)CC2)ncn1. The van der Waals surface area contributed by atoms with Crippen molar-refractivity contribution in [1.29, 1.82) is 0 Å². The Morgan fingerprint density at radius 2 is 2.10 bits per heavy atom. The van der Waals surface area contributed by atoms with E-state index in [9.17, 15) is 0 Å². The molecule has 1 fully saturated rings. The lowest BCUT2D eigenvalue weighted by atomic mass is 9.94. The Morgan fingerprint density at radius 3 is 2.86 bits per heavy atom. The second-order valence-corrected chi connectivity index (χ2v) is 5.83. The van der Waals surface area contributed by atoms with Gasteiger partial charge in [-0.15, -0.1) is 0 Å². The van der Waals surface area contributed by atoms with Crippen LogP contribution in [0, 0.1) is 0 Å². The van der Waals surface area contributed by atoms with E-state index in [-0.39, 0.29) is 0 Å². The molecule has 1 aliphatic rings. The largest absolute Gasteiger partial charge is 0.378 e. The minimum Gasteiger partial charge on any atom is -0.378 e. The van der Waals surface area contributed by atoms with Crippen molar-refractivity contribution < 1.29 is 4.74 Å². The van der Waals surface area contributed by atoms with Gasteiger partial charge in [-0.25, -0.2) is 9.97 Å². The number of rotatable bonds is 8. The molecule has 0 radical (unpaired) electrons. The standard InChI is InChI=1S/C16H28N4O/c1-2-4-14-11-16(20-12-19-14)18-9-3-10-21-15-7-5-13(17)6-8-15/h11-13,15H,2-10,17H2,1H3,(H,18,19,20). The molecule has 0 aromatic carbocycles. The van der Waals surface area contributed by atoms with Gasteiger partial charge in [0.15, 0.2) is 0 Å². The van der Waals surface area contributed by atoms with E-state index in [0.29, 0.717) is 12.1 Å². The smallest absolute Gasteiger partial charge is 0.129 e. The average molecular weight is 292 g/mol. The molecule has 1 heterocycles. The minimum atomic E-state index is 0.390. The zero-order valence-electron chi connectivity index (χ0n) is 13.1. The third kappa shape index (κ3) is 5.98. The normalized spacial score (nSPS) is 22.2. The van der Waals surface area contributed by atoms with Gasteiger partial charge in [0.25, 0.3) is 0 Å². The van der Waals surface area contributed by atoms with E-state index in [0.717, 1.165) is 69.6 Å². The van der Waals surface area contributed by atoms with Crippen molar-refractivity contribution in [2.75, 3.05) is 18.5 Å². The maximum absolute atomic E-state index is 5.90. The molecule has 1 aromatic heterocycles. The lowest BCUT2D eigenvalue weighted by Crippen LogP contribution is -2.30.